The van der Waals surface area contributed by atoms with Crippen molar-refractivity contribution in [3.8, 4) is 0 Å². The van der Waals surface area contributed by atoms with E-state index < -0.39 is 9.76 Å². The van der Waals surface area contributed by atoms with E-state index in [-0.39, 0.29) is 5.04 Å². The van der Waals surface area contributed by atoms with Gasteiger partial charge in [0.1, 0.15) is 0 Å². The van der Waals surface area contributed by atoms with E-state index >= 15 is 0 Å². The Balaban J connectivity index is 2.26. The second-order valence-corrected chi connectivity index (χ2v) is 7.72. The molecule has 20 heavy (non-hydrogen) atoms. The van der Waals surface area contributed by atoms with Crippen molar-refractivity contribution >= 4 is 9.76 Å². The maximum atomic E-state index is 10.2. The van der Waals surface area contributed by atoms with Crippen LogP contribution in [0.2, 0.25) is 5.04 Å². The zero-order valence-electron chi connectivity index (χ0n) is 12.4. The van der Waals surface area contributed by atoms with Crippen LogP contribution in [0.15, 0.2) is 60.7 Å². The predicted molar refractivity (Wildman–Crippen MR) is 88.6 cm³/mol. The van der Waals surface area contributed by atoms with E-state index in [9.17, 15) is 4.80 Å². The molecule has 0 atom stereocenters. The molecule has 2 heteroatoms. The van der Waals surface area contributed by atoms with Gasteiger partial charge in [0, 0.05) is 0 Å². The Morgan fingerprint density at radius 1 is 0.850 bits per heavy atom. The molecule has 1 N–H and O–H groups in total. The minimum absolute atomic E-state index is 0.0444. The molecule has 2 aromatic carbocycles. The van der Waals surface area contributed by atoms with Gasteiger partial charge in [0.2, 0.25) is 0 Å². The van der Waals surface area contributed by atoms with E-state index in [0.29, 0.717) is 5.92 Å². The van der Waals surface area contributed by atoms with Crippen LogP contribution in [0.3, 0.4) is 0 Å². The van der Waals surface area contributed by atoms with Gasteiger partial charge in [-0.25, -0.2) is 0 Å². The largest absolute Gasteiger partial charge is 0.438 e. The molecule has 1 nitrogen and oxygen atoms in total. The van der Waals surface area contributed by atoms with E-state index in [2.05, 4.69) is 62.4 Å². The smallest absolute Gasteiger partial charge is 0.163 e. The molecule has 0 aliphatic carbocycles. The van der Waals surface area contributed by atoms with E-state index in [1.54, 1.807) is 0 Å². The van der Waals surface area contributed by atoms with Crippen LogP contribution >= 0.6 is 0 Å². The topological polar surface area (TPSA) is 20.2 Å². The average Bonchev–Trinajstić information content (AvgIpc) is 2.48. The summed E-state index contributed by atoms with van der Waals surface area (Å²) >= 11 is 0. The Morgan fingerprint density at radius 3 is 1.55 bits per heavy atom. The first-order valence-electron chi connectivity index (χ1n) is 7.35. The highest BCUT2D eigenvalue weighted by Gasteiger charge is 2.34. The molecule has 0 saturated carbocycles. The fourth-order valence-electron chi connectivity index (χ4n) is 2.77. The highest BCUT2D eigenvalue weighted by Crippen LogP contribution is 2.41. The SMILES string of the molecule is CC(C)C(Cc1ccccc1)(Cc1ccccc1)[SiH2]O. The molecule has 0 aromatic heterocycles. The third-order valence-corrected chi connectivity index (χ3v) is 6.28. The van der Waals surface area contributed by atoms with Crippen molar-refractivity contribution in [3.05, 3.63) is 71.8 Å². The summed E-state index contributed by atoms with van der Waals surface area (Å²) in [6.07, 6.45) is 1.95. The summed E-state index contributed by atoms with van der Waals surface area (Å²) in [7, 11) is -1.11. The van der Waals surface area contributed by atoms with Crippen molar-refractivity contribution < 1.29 is 4.80 Å². The second kappa shape index (κ2) is 6.87. The number of hydrogen-bond acceptors (Lipinski definition) is 1. The summed E-state index contributed by atoms with van der Waals surface area (Å²) in [6, 6.07) is 21.1. The van der Waals surface area contributed by atoms with Gasteiger partial charge in [0.05, 0.1) is 0 Å². The van der Waals surface area contributed by atoms with Crippen LogP contribution in [0.25, 0.3) is 0 Å². The molecular weight excluding hydrogens is 260 g/mol. The molecule has 2 aromatic rings. The summed E-state index contributed by atoms with van der Waals surface area (Å²) in [6.45, 7) is 4.49. The first-order chi connectivity index (χ1) is 9.66. The molecule has 0 radical (unpaired) electrons. The minimum Gasteiger partial charge on any atom is -0.438 e. The average molecular weight is 284 g/mol. The Kier molecular flexibility index (Phi) is 5.15. The van der Waals surface area contributed by atoms with Crippen molar-refractivity contribution in [1.29, 1.82) is 0 Å². The number of rotatable bonds is 6. The lowest BCUT2D eigenvalue weighted by molar-refractivity contribution is 0.363. The van der Waals surface area contributed by atoms with Crippen LogP contribution in [-0.4, -0.2) is 14.6 Å². The quantitative estimate of drug-likeness (QED) is 0.807. The summed E-state index contributed by atoms with van der Waals surface area (Å²) in [5, 5.41) is 0.0444. The minimum atomic E-state index is -1.11. The van der Waals surface area contributed by atoms with E-state index in [0.717, 1.165) is 12.8 Å². The van der Waals surface area contributed by atoms with Gasteiger partial charge in [0.15, 0.2) is 9.76 Å². The summed E-state index contributed by atoms with van der Waals surface area (Å²) in [5.41, 5.74) is 2.66. The monoisotopic (exact) mass is 284 g/mol. The maximum absolute atomic E-state index is 10.2. The number of hydrogen-bond donors (Lipinski definition) is 1. The van der Waals surface area contributed by atoms with Crippen LogP contribution in [0, 0.1) is 5.92 Å². The molecule has 0 heterocycles. The molecule has 106 valence electrons. The fraction of sp³-hybridized carbons (Fsp3) is 0.333. The molecule has 0 aliphatic heterocycles. The zero-order valence-corrected chi connectivity index (χ0v) is 13.8. The Hall–Kier alpha value is -1.38. The highest BCUT2D eigenvalue weighted by molar-refractivity contribution is 6.31. The first-order valence-corrected chi connectivity index (χ1v) is 8.69. The van der Waals surface area contributed by atoms with Crippen molar-refractivity contribution in [2.24, 2.45) is 5.92 Å². The molecule has 0 saturated heterocycles. The Morgan fingerprint density at radius 2 is 1.25 bits per heavy atom. The second-order valence-electron chi connectivity index (χ2n) is 6.00. The van der Waals surface area contributed by atoms with Gasteiger partial charge >= 0.3 is 0 Å². The maximum Gasteiger partial charge on any atom is 0.163 e. The normalized spacial score (nSPS) is 12.4. The summed E-state index contributed by atoms with van der Waals surface area (Å²) in [4.78, 5) is 10.2. The molecule has 2 rings (SSSR count). The Labute approximate surface area is 124 Å². The van der Waals surface area contributed by atoms with Crippen LogP contribution < -0.4 is 0 Å². The van der Waals surface area contributed by atoms with Gasteiger partial charge in [-0.3, -0.25) is 0 Å². The lowest BCUT2D eigenvalue weighted by atomic mass is 9.83. The van der Waals surface area contributed by atoms with E-state index in [4.69, 9.17) is 0 Å². The van der Waals surface area contributed by atoms with Crippen molar-refractivity contribution in [1.82, 2.24) is 0 Å². The number of benzene rings is 2. The Bertz CT molecular complexity index is 466. The van der Waals surface area contributed by atoms with Crippen LogP contribution in [0.4, 0.5) is 0 Å². The molecule has 0 fully saturated rings. The van der Waals surface area contributed by atoms with Gasteiger partial charge in [-0.05, 0) is 34.9 Å². The fourth-order valence-corrected chi connectivity index (χ4v) is 3.94. The molecule has 0 bridgehead atoms. The van der Waals surface area contributed by atoms with E-state index in [1.165, 1.54) is 11.1 Å². The van der Waals surface area contributed by atoms with Gasteiger partial charge < -0.3 is 4.80 Å². The van der Waals surface area contributed by atoms with Crippen LogP contribution in [-0.2, 0) is 12.8 Å². The summed E-state index contributed by atoms with van der Waals surface area (Å²) in [5.74, 6) is 0.486. The zero-order chi connectivity index (χ0) is 14.4. The van der Waals surface area contributed by atoms with Gasteiger partial charge in [-0.2, -0.15) is 0 Å². The van der Waals surface area contributed by atoms with Gasteiger partial charge in [-0.15, -0.1) is 0 Å². The first kappa shape index (κ1) is 15.0. The lowest BCUT2D eigenvalue weighted by Gasteiger charge is -2.36. The van der Waals surface area contributed by atoms with Crippen LogP contribution in [0.5, 0.6) is 0 Å². The predicted octanol–water partition coefficient (Wildman–Crippen LogP) is 3.36. The van der Waals surface area contributed by atoms with Crippen molar-refractivity contribution in [2.75, 3.05) is 0 Å². The molecular formula is C18H24OSi. The summed E-state index contributed by atoms with van der Waals surface area (Å²) < 4.78 is 0. The molecule has 0 spiro atoms. The van der Waals surface area contributed by atoms with Crippen molar-refractivity contribution in [2.45, 2.75) is 31.7 Å². The molecule has 0 unspecified atom stereocenters. The lowest BCUT2D eigenvalue weighted by Crippen LogP contribution is -2.31. The van der Waals surface area contributed by atoms with Crippen LogP contribution in [0.1, 0.15) is 25.0 Å². The van der Waals surface area contributed by atoms with Gasteiger partial charge in [-0.1, -0.05) is 74.5 Å². The van der Waals surface area contributed by atoms with E-state index in [1.807, 2.05) is 12.1 Å². The molecule has 0 amide bonds. The third-order valence-electron chi connectivity index (χ3n) is 4.34. The van der Waals surface area contributed by atoms with Crippen molar-refractivity contribution in [3.63, 3.8) is 0 Å². The highest BCUT2D eigenvalue weighted by atomic mass is 28.2. The molecule has 0 aliphatic rings. The standard InChI is InChI=1S/C18H24OSi/c1-15(2)18(20-19,13-16-9-5-3-6-10-16)14-17-11-7-4-8-12-17/h3-12,15,19H,13-14,20H2,1-2H3. The van der Waals surface area contributed by atoms with Gasteiger partial charge in [0.25, 0.3) is 0 Å². The third kappa shape index (κ3) is 3.59.